The molecule has 1 aromatic heterocycles. The summed E-state index contributed by atoms with van der Waals surface area (Å²) in [7, 11) is 0. The molecule has 0 N–H and O–H groups in total. The number of hydrogen-bond acceptors (Lipinski definition) is 4. The fourth-order valence-corrected chi connectivity index (χ4v) is 17.0. The molecule has 5 heterocycles. The van der Waals surface area contributed by atoms with Crippen molar-refractivity contribution in [2.24, 2.45) is 0 Å². The fraction of sp³-hybridized carbons (Fsp3) is 0.408. The van der Waals surface area contributed by atoms with Crippen molar-refractivity contribution in [1.29, 1.82) is 0 Å². The predicted octanol–water partition coefficient (Wildman–Crippen LogP) is 17.4. The molecule has 0 saturated heterocycles. The summed E-state index contributed by atoms with van der Waals surface area (Å²) in [5, 5.41) is 2.32. The van der Waals surface area contributed by atoms with Crippen LogP contribution >= 0.6 is 0 Å². The Kier molecular flexibility index (Phi) is 9.09. The van der Waals surface area contributed by atoms with Gasteiger partial charge >= 0.3 is 0 Å². The molecule has 384 valence electrons. The minimum absolute atomic E-state index is 0.000869. The van der Waals surface area contributed by atoms with E-state index < -0.39 is 0 Å². The lowest BCUT2D eigenvalue weighted by molar-refractivity contribution is 0.195. The van der Waals surface area contributed by atoms with Gasteiger partial charge in [-0.15, -0.1) is 0 Å². The Labute approximate surface area is 453 Å². The zero-order chi connectivity index (χ0) is 52.8. The Morgan fingerprint density at radius 2 is 1.09 bits per heavy atom. The van der Waals surface area contributed by atoms with Crippen LogP contribution in [0.5, 0.6) is 0 Å². The van der Waals surface area contributed by atoms with E-state index in [1.54, 1.807) is 5.56 Å². The summed E-state index contributed by atoms with van der Waals surface area (Å²) in [6.07, 6.45) is 9.45. The molecule has 0 radical (unpaired) electrons. The molecule has 8 aromatic rings. The van der Waals surface area contributed by atoms with E-state index in [1.165, 1.54) is 133 Å². The first-order valence-electron chi connectivity index (χ1n) is 29.1. The van der Waals surface area contributed by atoms with Gasteiger partial charge in [0.25, 0.3) is 6.71 Å². The van der Waals surface area contributed by atoms with Crippen LogP contribution in [0.2, 0.25) is 0 Å². The zero-order valence-corrected chi connectivity index (χ0v) is 47.9. The summed E-state index contributed by atoms with van der Waals surface area (Å²) in [5.41, 5.74) is 29.3. The lowest BCUT2D eigenvalue weighted by Crippen LogP contribution is -2.62. The van der Waals surface area contributed by atoms with Crippen molar-refractivity contribution in [3.05, 3.63) is 159 Å². The van der Waals surface area contributed by atoms with Gasteiger partial charge in [-0.3, -0.25) is 0 Å². The Morgan fingerprint density at radius 3 is 1.84 bits per heavy atom. The van der Waals surface area contributed by atoms with E-state index in [4.69, 9.17) is 4.42 Å². The molecule has 15 rings (SSSR count). The molecular weight excluding hydrogens is 922 g/mol. The molecule has 3 atom stereocenters. The minimum Gasteiger partial charge on any atom is -0.456 e. The quantitative estimate of drug-likeness (QED) is 0.153. The number of hydrogen-bond donors (Lipinski definition) is 0. The lowest BCUT2D eigenvalue weighted by atomic mass is 9.33. The van der Waals surface area contributed by atoms with Crippen LogP contribution in [0.4, 0.5) is 45.5 Å². The molecule has 0 amide bonds. The highest BCUT2D eigenvalue weighted by Crippen LogP contribution is 2.64. The van der Waals surface area contributed by atoms with Gasteiger partial charge in [0.15, 0.2) is 0 Å². The molecule has 3 aliphatic carbocycles. The topological polar surface area (TPSA) is 22.9 Å². The van der Waals surface area contributed by atoms with Crippen LogP contribution in [0, 0.1) is 13.8 Å². The number of nitrogens with zero attached hydrogens (tertiary/aromatic N) is 3. The Morgan fingerprint density at radius 1 is 0.474 bits per heavy atom. The monoisotopic (exact) mass is 998 g/mol. The molecule has 4 aliphatic heterocycles. The van der Waals surface area contributed by atoms with Crippen LogP contribution in [0.3, 0.4) is 0 Å². The van der Waals surface area contributed by atoms with Gasteiger partial charge in [0.2, 0.25) is 0 Å². The number of aryl methyl sites for hydroxylation is 2. The third kappa shape index (κ3) is 5.88. The summed E-state index contributed by atoms with van der Waals surface area (Å²) in [5.74, 6) is 0. The van der Waals surface area contributed by atoms with Crippen molar-refractivity contribution in [2.45, 2.75) is 186 Å². The number of para-hydroxylation sites is 1. The summed E-state index contributed by atoms with van der Waals surface area (Å²) in [6.45, 7) is 35.0. The van der Waals surface area contributed by atoms with Crippen molar-refractivity contribution in [1.82, 2.24) is 0 Å². The van der Waals surface area contributed by atoms with Gasteiger partial charge in [-0.05, 0) is 208 Å². The SMILES string of the molecule is Cc1cc2c3c(c1)N1c4cc5c(cc4C)C(C)(C)CCC5(C)c4cc5c(cc4C(C)(C)C)C4(C)CCCCC4(C)N5c4ccc(c1c4)B3c1cc3c(cc1N2c1ccc2c(c1)oc1ccccc12)C(C)(C)CCC3(C)C. The number of furan rings is 1. The van der Waals surface area contributed by atoms with Gasteiger partial charge in [-0.2, -0.15) is 0 Å². The first-order valence-corrected chi connectivity index (χ1v) is 29.1. The molecule has 3 unspecified atom stereocenters. The van der Waals surface area contributed by atoms with Crippen LogP contribution in [-0.4, -0.2) is 12.3 Å². The number of rotatable bonds is 1. The molecule has 7 aliphatic rings. The molecule has 1 fully saturated rings. The average Bonchev–Trinajstić information content (AvgIpc) is 3.94. The van der Waals surface area contributed by atoms with Crippen molar-refractivity contribution in [2.75, 3.05) is 14.7 Å². The van der Waals surface area contributed by atoms with Crippen LogP contribution in [0.25, 0.3) is 21.9 Å². The van der Waals surface area contributed by atoms with Gasteiger partial charge in [0.05, 0.1) is 5.54 Å². The highest BCUT2D eigenvalue weighted by molar-refractivity contribution is 7.00. The van der Waals surface area contributed by atoms with Crippen molar-refractivity contribution in [3.8, 4) is 0 Å². The van der Waals surface area contributed by atoms with Gasteiger partial charge in [-0.25, -0.2) is 0 Å². The molecule has 76 heavy (non-hydrogen) atoms. The van der Waals surface area contributed by atoms with Crippen molar-refractivity contribution in [3.63, 3.8) is 0 Å². The van der Waals surface area contributed by atoms with Gasteiger partial charge in [0.1, 0.15) is 11.2 Å². The Bertz CT molecular complexity index is 3920. The molecular formula is C71H76BN3O. The van der Waals surface area contributed by atoms with Gasteiger partial charge in [-0.1, -0.05) is 131 Å². The minimum atomic E-state index is -0.211. The molecule has 1 saturated carbocycles. The normalized spacial score (nSPS) is 24.7. The number of anilines is 8. The predicted molar refractivity (Wildman–Crippen MR) is 323 cm³/mol. The van der Waals surface area contributed by atoms with E-state index in [2.05, 4.69) is 221 Å². The van der Waals surface area contributed by atoms with Crippen LogP contribution in [-0.2, 0) is 32.5 Å². The number of fused-ring (bicyclic) bond motifs is 17. The first kappa shape index (κ1) is 47.1. The Hall–Kier alpha value is -6.20. The van der Waals surface area contributed by atoms with E-state index in [9.17, 15) is 0 Å². The summed E-state index contributed by atoms with van der Waals surface area (Å²) < 4.78 is 6.73. The third-order valence-corrected chi connectivity index (χ3v) is 21.8. The molecule has 6 bridgehead atoms. The van der Waals surface area contributed by atoms with Crippen LogP contribution in [0.1, 0.15) is 185 Å². The maximum Gasteiger partial charge on any atom is 0.252 e. The van der Waals surface area contributed by atoms with E-state index in [0.29, 0.717) is 0 Å². The smallest absolute Gasteiger partial charge is 0.252 e. The maximum atomic E-state index is 6.73. The van der Waals surface area contributed by atoms with E-state index in [0.717, 1.165) is 46.9 Å². The summed E-state index contributed by atoms with van der Waals surface area (Å²) >= 11 is 0. The highest BCUT2D eigenvalue weighted by atomic mass is 16.3. The summed E-state index contributed by atoms with van der Waals surface area (Å²) in [4.78, 5) is 8.28. The van der Waals surface area contributed by atoms with Gasteiger partial charge < -0.3 is 19.1 Å². The standard InChI is InChI=1S/C71H76BN3O/c1-41-31-60-64-61(32-41)74-56-39-52-48(33-42(56)2)68(10,11)29-30-69(52,12)51-40-57-53(36-47(51)65(3,4)5)70(13)25-17-18-26-71(70,14)75(57)44-22-24-54(58(74)34-44)72(64)55-37-49-50(67(8,9)28-27-66(49,6)7)38-59(55)73(60)43-21-23-46-45-19-15-16-20-62(45)76-63(46)35-43/h15-16,19-24,31-40H,17-18,25-30H2,1-14H3. The third-order valence-electron chi connectivity index (χ3n) is 21.8. The van der Waals surface area contributed by atoms with E-state index in [1.807, 2.05) is 0 Å². The largest absolute Gasteiger partial charge is 0.456 e. The first-order chi connectivity index (χ1) is 35.9. The summed E-state index contributed by atoms with van der Waals surface area (Å²) in [6, 6.07) is 44.5. The van der Waals surface area contributed by atoms with E-state index in [-0.39, 0.29) is 44.7 Å². The molecule has 7 aromatic carbocycles. The second-order valence-corrected chi connectivity index (χ2v) is 28.8. The lowest BCUT2D eigenvalue weighted by Gasteiger charge is -2.51. The zero-order valence-electron chi connectivity index (χ0n) is 47.9. The second kappa shape index (κ2) is 14.7. The molecule has 0 spiro atoms. The highest BCUT2D eigenvalue weighted by Gasteiger charge is 2.59. The molecule has 4 nitrogen and oxygen atoms in total. The van der Waals surface area contributed by atoms with Gasteiger partial charge in [0, 0.05) is 73.2 Å². The second-order valence-electron chi connectivity index (χ2n) is 28.8. The van der Waals surface area contributed by atoms with Crippen LogP contribution in [0.15, 0.2) is 114 Å². The Balaban J connectivity index is 1.08. The number of benzene rings is 7. The average molecular weight is 998 g/mol. The maximum absolute atomic E-state index is 6.73. The fourth-order valence-electron chi connectivity index (χ4n) is 17.0. The molecule has 5 heteroatoms. The van der Waals surface area contributed by atoms with Crippen LogP contribution < -0.4 is 31.1 Å². The van der Waals surface area contributed by atoms with Crippen molar-refractivity contribution < 1.29 is 4.42 Å². The van der Waals surface area contributed by atoms with Crippen molar-refractivity contribution >= 4 is 90.5 Å². The van der Waals surface area contributed by atoms with E-state index >= 15 is 0 Å².